The molecule has 0 radical (unpaired) electrons. The van der Waals surface area contributed by atoms with Gasteiger partial charge in [-0.25, -0.2) is 9.59 Å². The Labute approximate surface area is 218 Å². The van der Waals surface area contributed by atoms with E-state index in [4.69, 9.17) is 4.74 Å². The first-order valence-electron chi connectivity index (χ1n) is 12.4. The number of methoxy groups -OCH3 is 1. The van der Waals surface area contributed by atoms with E-state index in [2.05, 4.69) is 39.9 Å². The van der Waals surface area contributed by atoms with Gasteiger partial charge in [0.25, 0.3) is 0 Å². The van der Waals surface area contributed by atoms with Crippen LogP contribution in [-0.4, -0.2) is 50.3 Å². The van der Waals surface area contributed by atoms with Gasteiger partial charge in [0, 0.05) is 43.2 Å². The minimum Gasteiger partial charge on any atom is -0.495 e. The van der Waals surface area contributed by atoms with Crippen LogP contribution in [0.1, 0.15) is 22.3 Å². The number of rotatable bonds is 5. The van der Waals surface area contributed by atoms with E-state index in [9.17, 15) is 9.59 Å². The van der Waals surface area contributed by atoms with Crippen LogP contribution in [0.15, 0.2) is 54.6 Å². The number of anilines is 4. The molecular formula is C29H35N5O3. The Hall–Kier alpha value is -4.20. The summed E-state index contributed by atoms with van der Waals surface area (Å²) in [5.74, 6) is 0.605. The van der Waals surface area contributed by atoms with Crippen molar-refractivity contribution < 1.29 is 14.3 Å². The fourth-order valence-electron chi connectivity index (χ4n) is 4.69. The summed E-state index contributed by atoms with van der Waals surface area (Å²) in [6.45, 7) is 10.8. The highest BCUT2D eigenvalue weighted by Gasteiger charge is 2.22. The lowest BCUT2D eigenvalue weighted by molar-refractivity contribution is 0.208. The summed E-state index contributed by atoms with van der Waals surface area (Å²) in [5, 5.41) is 8.80. The van der Waals surface area contributed by atoms with Crippen molar-refractivity contribution in [2.24, 2.45) is 0 Å². The molecule has 0 atom stereocenters. The van der Waals surface area contributed by atoms with E-state index < -0.39 is 0 Å². The number of hydrogen-bond acceptors (Lipinski definition) is 4. The van der Waals surface area contributed by atoms with Crippen molar-refractivity contribution in [1.29, 1.82) is 0 Å². The van der Waals surface area contributed by atoms with E-state index in [1.807, 2.05) is 68.1 Å². The molecule has 0 spiro atoms. The maximum atomic E-state index is 12.9. The van der Waals surface area contributed by atoms with Gasteiger partial charge >= 0.3 is 12.1 Å². The summed E-state index contributed by atoms with van der Waals surface area (Å²) >= 11 is 0. The van der Waals surface area contributed by atoms with Crippen molar-refractivity contribution >= 4 is 34.8 Å². The lowest BCUT2D eigenvalue weighted by Crippen LogP contribution is -2.50. The molecule has 1 heterocycles. The van der Waals surface area contributed by atoms with E-state index in [-0.39, 0.29) is 12.1 Å². The summed E-state index contributed by atoms with van der Waals surface area (Å²) in [6.07, 6.45) is 0. The molecule has 3 aromatic rings. The third-order valence-electron chi connectivity index (χ3n) is 6.57. The molecule has 3 N–H and O–H groups in total. The van der Waals surface area contributed by atoms with Crippen LogP contribution in [0.5, 0.6) is 5.75 Å². The number of amides is 4. The third-order valence-corrected chi connectivity index (χ3v) is 6.57. The Kier molecular flexibility index (Phi) is 7.86. The molecule has 8 heteroatoms. The number of ether oxygens (including phenoxy) is 1. The summed E-state index contributed by atoms with van der Waals surface area (Å²) in [4.78, 5) is 29.5. The molecule has 0 bridgehead atoms. The highest BCUT2D eigenvalue weighted by Crippen LogP contribution is 2.26. The summed E-state index contributed by atoms with van der Waals surface area (Å²) in [5.41, 5.74) is 7.62. The van der Waals surface area contributed by atoms with Crippen LogP contribution >= 0.6 is 0 Å². The average molecular weight is 502 g/mol. The SMILES string of the molecule is COc1ccc(C)cc1NC(=O)Nc1ccc(N2CCN(C(=O)Nc3c(C)cc(C)cc3C)CC2)cc1. The summed E-state index contributed by atoms with van der Waals surface area (Å²) in [7, 11) is 1.57. The fraction of sp³-hybridized carbons (Fsp3) is 0.310. The zero-order valence-corrected chi connectivity index (χ0v) is 22.1. The molecule has 1 saturated heterocycles. The smallest absolute Gasteiger partial charge is 0.323 e. The largest absolute Gasteiger partial charge is 0.495 e. The summed E-state index contributed by atoms with van der Waals surface area (Å²) in [6, 6.07) is 17.1. The number of aryl methyl sites for hydroxylation is 4. The van der Waals surface area contributed by atoms with Crippen LogP contribution in [0.2, 0.25) is 0 Å². The monoisotopic (exact) mass is 501 g/mol. The number of nitrogens with zero attached hydrogens (tertiary/aromatic N) is 2. The molecule has 0 aromatic heterocycles. The lowest BCUT2D eigenvalue weighted by atomic mass is 10.1. The van der Waals surface area contributed by atoms with Crippen LogP contribution in [0, 0.1) is 27.7 Å². The number of benzene rings is 3. The van der Waals surface area contributed by atoms with E-state index in [1.54, 1.807) is 7.11 Å². The van der Waals surface area contributed by atoms with Crippen LogP contribution in [-0.2, 0) is 0 Å². The van der Waals surface area contributed by atoms with E-state index >= 15 is 0 Å². The maximum absolute atomic E-state index is 12.9. The molecular weight excluding hydrogens is 466 g/mol. The van der Waals surface area contributed by atoms with Gasteiger partial charge in [-0.2, -0.15) is 0 Å². The van der Waals surface area contributed by atoms with Crippen molar-refractivity contribution in [3.05, 3.63) is 76.9 Å². The number of hydrogen-bond donors (Lipinski definition) is 3. The number of urea groups is 2. The molecule has 1 aliphatic heterocycles. The second-order valence-electron chi connectivity index (χ2n) is 9.51. The van der Waals surface area contributed by atoms with Gasteiger partial charge in [-0.05, 0) is 80.8 Å². The lowest BCUT2D eigenvalue weighted by Gasteiger charge is -2.36. The van der Waals surface area contributed by atoms with Crippen LogP contribution in [0.3, 0.4) is 0 Å². The van der Waals surface area contributed by atoms with Gasteiger partial charge in [0.15, 0.2) is 0 Å². The van der Waals surface area contributed by atoms with Gasteiger partial charge in [0.1, 0.15) is 5.75 Å². The normalized spacial score (nSPS) is 13.2. The van der Waals surface area contributed by atoms with E-state index in [1.165, 1.54) is 5.56 Å². The first-order chi connectivity index (χ1) is 17.7. The molecule has 0 aliphatic carbocycles. The van der Waals surface area contributed by atoms with Gasteiger partial charge in [-0.3, -0.25) is 0 Å². The fourth-order valence-corrected chi connectivity index (χ4v) is 4.69. The topological polar surface area (TPSA) is 85.9 Å². The minimum absolute atomic E-state index is 0.0643. The van der Waals surface area contributed by atoms with Crippen molar-refractivity contribution in [3.63, 3.8) is 0 Å². The van der Waals surface area contributed by atoms with Crippen LogP contribution in [0.25, 0.3) is 0 Å². The Balaban J connectivity index is 1.30. The number of piperazine rings is 1. The molecule has 0 saturated carbocycles. The molecule has 1 fully saturated rings. The number of carbonyl (C=O) groups is 2. The molecule has 4 amide bonds. The molecule has 194 valence electrons. The van der Waals surface area contributed by atoms with Crippen molar-refractivity contribution in [2.75, 3.05) is 54.1 Å². The molecule has 1 aliphatic rings. The van der Waals surface area contributed by atoms with Crippen molar-refractivity contribution in [2.45, 2.75) is 27.7 Å². The summed E-state index contributed by atoms with van der Waals surface area (Å²) < 4.78 is 5.32. The number of nitrogens with one attached hydrogen (secondary N) is 3. The number of carbonyl (C=O) groups excluding carboxylic acids is 2. The van der Waals surface area contributed by atoms with E-state index in [0.29, 0.717) is 30.2 Å². The molecule has 37 heavy (non-hydrogen) atoms. The Morgan fingerprint density at radius 1 is 0.757 bits per heavy atom. The van der Waals surface area contributed by atoms with Crippen molar-refractivity contribution in [3.8, 4) is 5.75 Å². The minimum atomic E-state index is -0.338. The highest BCUT2D eigenvalue weighted by atomic mass is 16.5. The Morgan fingerprint density at radius 2 is 1.41 bits per heavy atom. The maximum Gasteiger partial charge on any atom is 0.323 e. The van der Waals surface area contributed by atoms with Gasteiger partial charge in [-0.15, -0.1) is 0 Å². The standard InChI is InChI=1S/C29H35N5O3/c1-19-6-11-26(37-5)25(18-19)31-28(35)30-23-7-9-24(10-8-23)33-12-14-34(15-13-33)29(36)32-27-21(3)16-20(2)17-22(27)4/h6-11,16-18H,12-15H2,1-5H3,(H,32,36)(H2,30,31,35). The second-order valence-corrected chi connectivity index (χ2v) is 9.51. The van der Waals surface area contributed by atoms with Gasteiger partial charge < -0.3 is 30.5 Å². The van der Waals surface area contributed by atoms with Gasteiger partial charge in [0.2, 0.25) is 0 Å². The first kappa shape index (κ1) is 25.9. The quantitative estimate of drug-likeness (QED) is 0.405. The third kappa shape index (κ3) is 6.33. The Morgan fingerprint density at radius 3 is 2.03 bits per heavy atom. The second kappa shape index (κ2) is 11.2. The van der Waals surface area contributed by atoms with Crippen LogP contribution in [0.4, 0.5) is 32.3 Å². The van der Waals surface area contributed by atoms with Crippen LogP contribution < -0.4 is 25.6 Å². The molecule has 3 aromatic carbocycles. The predicted molar refractivity (Wildman–Crippen MR) is 150 cm³/mol. The zero-order valence-electron chi connectivity index (χ0n) is 22.1. The Bertz CT molecular complexity index is 1260. The molecule has 4 rings (SSSR count). The molecule has 0 unspecified atom stereocenters. The van der Waals surface area contributed by atoms with E-state index in [0.717, 1.165) is 41.2 Å². The van der Waals surface area contributed by atoms with Gasteiger partial charge in [0.05, 0.1) is 12.8 Å². The van der Waals surface area contributed by atoms with Gasteiger partial charge in [-0.1, -0.05) is 23.8 Å². The van der Waals surface area contributed by atoms with Crippen molar-refractivity contribution in [1.82, 2.24) is 4.90 Å². The molecule has 8 nitrogen and oxygen atoms in total. The zero-order chi connectivity index (χ0) is 26.5. The first-order valence-corrected chi connectivity index (χ1v) is 12.4. The average Bonchev–Trinajstić information content (AvgIpc) is 2.87. The predicted octanol–water partition coefficient (Wildman–Crippen LogP) is 5.93. The highest BCUT2D eigenvalue weighted by molar-refractivity contribution is 6.00.